The minimum absolute atomic E-state index is 0.0757. The molecule has 0 spiro atoms. The lowest BCUT2D eigenvalue weighted by molar-refractivity contribution is -0.120. The lowest BCUT2D eigenvalue weighted by Gasteiger charge is -2.20. The zero-order chi connectivity index (χ0) is 18.5. The third kappa shape index (κ3) is 4.61. The van der Waals surface area contributed by atoms with Crippen LogP contribution in [0.4, 0.5) is 0 Å². The second-order valence-corrected chi connectivity index (χ2v) is 6.74. The van der Waals surface area contributed by atoms with Gasteiger partial charge in [0.25, 0.3) is 0 Å². The molecule has 1 aliphatic rings. The lowest BCUT2D eigenvalue weighted by atomic mass is 10.1. The van der Waals surface area contributed by atoms with E-state index in [0.29, 0.717) is 36.3 Å². The van der Waals surface area contributed by atoms with E-state index < -0.39 is 0 Å². The van der Waals surface area contributed by atoms with Crippen LogP contribution in [0, 0.1) is 0 Å². The van der Waals surface area contributed by atoms with Crippen LogP contribution in [-0.4, -0.2) is 25.2 Å². The van der Waals surface area contributed by atoms with Gasteiger partial charge in [-0.25, -0.2) is 0 Å². The Morgan fingerprint density at radius 2 is 2.00 bits per heavy atom. The van der Waals surface area contributed by atoms with Gasteiger partial charge < -0.3 is 19.5 Å². The standard InChI is InChI=1S/C20H22ClNO4/c1-13(2)26-17-6-4-3-5-15(17)12-22-19(23)11-14-9-16(21)20-18(10-14)24-7-8-25-20/h3-6,9-10,13H,7-8,11-12H2,1-2H3,(H,22,23). The van der Waals surface area contributed by atoms with Gasteiger partial charge in [-0.3, -0.25) is 4.79 Å². The van der Waals surface area contributed by atoms with Gasteiger partial charge in [0.2, 0.25) is 5.91 Å². The molecule has 26 heavy (non-hydrogen) atoms. The average Bonchev–Trinajstić information content (AvgIpc) is 2.60. The number of hydrogen-bond acceptors (Lipinski definition) is 4. The summed E-state index contributed by atoms with van der Waals surface area (Å²) in [6.07, 6.45) is 0.288. The molecule has 1 heterocycles. The van der Waals surface area contributed by atoms with E-state index in [1.165, 1.54) is 0 Å². The van der Waals surface area contributed by atoms with Crippen LogP contribution in [0.1, 0.15) is 25.0 Å². The highest BCUT2D eigenvalue weighted by Crippen LogP contribution is 2.38. The van der Waals surface area contributed by atoms with Crippen molar-refractivity contribution in [2.75, 3.05) is 13.2 Å². The fourth-order valence-electron chi connectivity index (χ4n) is 2.73. The maximum Gasteiger partial charge on any atom is 0.224 e. The van der Waals surface area contributed by atoms with Crippen LogP contribution < -0.4 is 19.5 Å². The molecule has 138 valence electrons. The Labute approximate surface area is 158 Å². The fourth-order valence-corrected chi connectivity index (χ4v) is 3.01. The van der Waals surface area contributed by atoms with Crippen LogP contribution >= 0.6 is 11.6 Å². The highest BCUT2D eigenvalue weighted by atomic mass is 35.5. The topological polar surface area (TPSA) is 56.8 Å². The minimum atomic E-state index is -0.0999. The summed E-state index contributed by atoms with van der Waals surface area (Å²) in [5.74, 6) is 1.81. The number of benzene rings is 2. The molecule has 1 N–H and O–H groups in total. The summed E-state index contributed by atoms with van der Waals surface area (Å²) < 4.78 is 16.8. The molecule has 0 saturated heterocycles. The van der Waals surface area contributed by atoms with Crippen LogP contribution in [0.3, 0.4) is 0 Å². The summed E-state index contributed by atoms with van der Waals surface area (Å²) in [5.41, 5.74) is 1.72. The number of ether oxygens (including phenoxy) is 3. The number of hydrogen-bond donors (Lipinski definition) is 1. The molecule has 5 nitrogen and oxygen atoms in total. The zero-order valence-corrected chi connectivity index (χ0v) is 15.6. The first-order valence-corrected chi connectivity index (χ1v) is 9.00. The number of nitrogens with one attached hydrogen (secondary N) is 1. The SMILES string of the molecule is CC(C)Oc1ccccc1CNC(=O)Cc1cc(Cl)c2c(c1)OCCO2. The van der Waals surface area contributed by atoms with Crippen molar-refractivity contribution in [3.63, 3.8) is 0 Å². The Morgan fingerprint density at radius 3 is 2.81 bits per heavy atom. The van der Waals surface area contributed by atoms with Crippen LogP contribution in [0.2, 0.25) is 5.02 Å². The van der Waals surface area contributed by atoms with Crippen LogP contribution in [0.5, 0.6) is 17.2 Å². The predicted octanol–water partition coefficient (Wildman–Crippen LogP) is 3.76. The molecule has 0 fully saturated rings. The van der Waals surface area contributed by atoms with E-state index in [-0.39, 0.29) is 18.4 Å². The molecule has 0 aromatic heterocycles. The molecule has 6 heteroatoms. The van der Waals surface area contributed by atoms with Crippen LogP contribution in [-0.2, 0) is 17.8 Å². The highest BCUT2D eigenvalue weighted by Gasteiger charge is 2.17. The van der Waals surface area contributed by atoms with Crippen molar-refractivity contribution in [3.8, 4) is 17.2 Å². The quantitative estimate of drug-likeness (QED) is 0.835. The van der Waals surface area contributed by atoms with E-state index in [9.17, 15) is 4.79 Å². The number of carbonyl (C=O) groups is 1. The maximum absolute atomic E-state index is 12.3. The van der Waals surface area contributed by atoms with Crippen molar-refractivity contribution in [2.45, 2.75) is 32.9 Å². The van der Waals surface area contributed by atoms with Gasteiger partial charge in [0, 0.05) is 12.1 Å². The van der Waals surface area contributed by atoms with E-state index in [0.717, 1.165) is 16.9 Å². The Kier molecular flexibility index (Phi) is 5.89. The van der Waals surface area contributed by atoms with E-state index in [2.05, 4.69) is 5.32 Å². The van der Waals surface area contributed by atoms with Gasteiger partial charge >= 0.3 is 0 Å². The summed E-state index contributed by atoms with van der Waals surface area (Å²) in [4.78, 5) is 12.3. The Morgan fingerprint density at radius 1 is 1.23 bits per heavy atom. The lowest BCUT2D eigenvalue weighted by Crippen LogP contribution is -2.25. The number of amides is 1. The number of halogens is 1. The molecular formula is C20H22ClNO4. The molecule has 0 radical (unpaired) electrons. The van der Waals surface area contributed by atoms with Crippen molar-refractivity contribution in [2.24, 2.45) is 0 Å². The molecule has 2 aromatic carbocycles. The molecule has 2 aromatic rings. The number of fused-ring (bicyclic) bond motifs is 1. The van der Waals surface area contributed by atoms with Gasteiger partial charge in [-0.15, -0.1) is 0 Å². The number of para-hydroxylation sites is 1. The van der Waals surface area contributed by atoms with Crippen molar-refractivity contribution < 1.29 is 19.0 Å². The predicted molar refractivity (Wildman–Crippen MR) is 100 cm³/mol. The van der Waals surface area contributed by atoms with Gasteiger partial charge in [-0.1, -0.05) is 29.8 Å². The molecular weight excluding hydrogens is 354 g/mol. The average molecular weight is 376 g/mol. The number of carbonyl (C=O) groups excluding carboxylic acids is 1. The van der Waals surface area contributed by atoms with Gasteiger partial charge in [-0.05, 0) is 37.6 Å². The van der Waals surface area contributed by atoms with Gasteiger partial charge in [0.05, 0.1) is 17.5 Å². The van der Waals surface area contributed by atoms with Gasteiger partial charge in [0.15, 0.2) is 11.5 Å². The third-order valence-corrected chi connectivity index (χ3v) is 4.11. The van der Waals surface area contributed by atoms with Crippen molar-refractivity contribution >= 4 is 17.5 Å². The minimum Gasteiger partial charge on any atom is -0.491 e. The Bertz CT molecular complexity index is 791. The molecule has 3 rings (SSSR count). The molecule has 1 amide bonds. The van der Waals surface area contributed by atoms with E-state index in [1.54, 1.807) is 12.1 Å². The normalized spacial score (nSPS) is 12.8. The van der Waals surface area contributed by atoms with E-state index >= 15 is 0 Å². The maximum atomic E-state index is 12.3. The Hall–Kier alpha value is -2.40. The second-order valence-electron chi connectivity index (χ2n) is 6.33. The molecule has 0 saturated carbocycles. The zero-order valence-electron chi connectivity index (χ0n) is 14.9. The van der Waals surface area contributed by atoms with Crippen LogP contribution in [0.25, 0.3) is 0 Å². The first-order chi connectivity index (χ1) is 12.5. The van der Waals surface area contributed by atoms with Gasteiger partial charge in [0.1, 0.15) is 19.0 Å². The monoisotopic (exact) mass is 375 g/mol. The fraction of sp³-hybridized carbons (Fsp3) is 0.350. The van der Waals surface area contributed by atoms with E-state index in [4.69, 9.17) is 25.8 Å². The van der Waals surface area contributed by atoms with Crippen LogP contribution in [0.15, 0.2) is 36.4 Å². The largest absolute Gasteiger partial charge is 0.491 e. The highest BCUT2D eigenvalue weighted by molar-refractivity contribution is 6.32. The summed E-state index contributed by atoms with van der Waals surface area (Å²) in [5, 5.41) is 3.39. The molecule has 0 aliphatic carbocycles. The summed E-state index contributed by atoms with van der Waals surface area (Å²) >= 11 is 6.22. The third-order valence-electron chi connectivity index (χ3n) is 3.83. The number of rotatable bonds is 6. The summed E-state index contributed by atoms with van der Waals surface area (Å²) in [6.45, 7) is 5.30. The molecule has 0 unspecified atom stereocenters. The van der Waals surface area contributed by atoms with Crippen molar-refractivity contribution in [1.82, 2.24) is 5.32 Å². The summed E-state index contributed by atoms with van der Waals surface area (Å²) in [6, 6.07) is 11.2. The van der Waals surface area contributed by atoms with E-state index in [1.807, 2.05) is 38.1 Å². The van der Waals surface area contributed by atoms with Crippen molar-refractivity contribution in [3.05, 3.63) is 52.5 Å². The molecule has 1 aliphatic heterocycles. The van der Waals surface area contributed by atoms with Gasteiger partial charge in [-0.2, -0.15) is 0 Å². The van der Waals surface area contributed by atoms with Crippen molar-refractivity contribution in [1.29, 1.82) is 0 Å². The molecule has 0 atom stereocenters. The Balaban J connectivity index is 1.62. The smallest absolute Gasteiger partial charge is 0.224 e. The molecule has 0 bridgehead atoms. The first kappa shape index (κ1) is 18.4. The summed E-state index contributed by atoms with van der Waals surface area (Å²) in [7, 11) is 0. The second kappa shape index (κ2) is 8.32. The first-order valence-electron chi connectivity index (χ1n) is 8.62.